The second-order valence-corrected chi connectivity index (χ2v) is 3.10. The average Bonchev–Trinajstić information content (AvgIpc) is 2.08. The Labute approximate surface area is 85.4 Å². The van der Waals surface area contributed by atoms with Crippen LogP contribution in [0.3, 0.4) is 0 Å². The van der Waals surface area contributed by atoms with Crippen molar-refractivity contribution >= 4 is 29.3 Å². The predicted octanol–water partition coefficient (Wildman–Crippen LogP) is 2.28. The molecule has 0 atom stereocenters. The molecule has 0 aliphatic rings. The van der Waals surface area contributed by atoms with E-state index in [0.29, 0.717) is 6.54 Å². The molecule has 0 heterocycles. The van der Waals surface area contributed by atoms with Crippen LogP contribution in [0.5, 0.6) is 0 Å². The van der Waals surface area contributed by atoms with E-state index in [1.165, 1.54) is 12.1 Å². The maximum atomic E-state index is 10.6. The molecule has 1 aromatic carbocycles. The molecule has 0 radical (unpaired) electrons. The number of rotatable bonds is 3. The molecule has 1 aromatic rings. The van der Waals surface area contributed by atoms with E-state index in [1.807, 2.05) is 0 Å². The summed E-state index contributed by atoms with van der Waals surface area (Å²) in [6.07, 6.45) is 0. The smallest absolute Gasteiger partial charge is 0.337 e. The van der Waals surface area contributed by atoms with E-state index in [0.717, 1.165) is 5.56 Å². The van der Waals surface area contributed by atoms with Gasteiger partial charge in [0.15, 0.2) is 0 Å². The van der Waals surface area contributed by atoms with Gasteiger partial charge in [0.2, 0.25) is 0 Å². The molecule has 0 saturated heterocycles. The first kappa shape index (κ1) is 10.3. The minimum Gasteiger partial charge on any atom is -0.478 e. The van der Waals surface area contributed by atoms with Crippen molar-refractivity contribution in [2.75, 3.05) is 0 Å². The van der Waals surface area contributed by atoms with Crippen molar-refractivity contribution in [2.24, 2.45) is 0 Å². The maximum Gasteiger partial charge on any atom is 0.337 e. The van der Waals surface area contributed by atoms with E-state index < -0.39 is 5.97 Å². The van der Waals surface area contributed by atoms with Crippen LogP contribution in [0, 0.1) is 0 Å². The number of carbonyl (C=O) groups is 1. The molecular weight excluding hydrogens is 213 g/mol. The number of aromatic carboxylic acids is 1. The van der Waals surface area contributed by atoms with Gasteiger partial charge >= 0.3 is 5.97 Å². The monoisotopic (exact) mass is 219 g/mol. The summed E-state index contributed by atoms with van der Waals surface area (Å²) in [5.74, 6) is -1.04. The minimum absolute atomic E-state index is 0.0890. The highest BCUT2D eigenvalue weighted by molar-refractivity contribution is 6.33. The van der Waals surface area contributed by atoms with Gasteiger partial charge in [-0.25, -0.2) is 9.63 Å². The van der Waals surface area contributed by atoms with Crippen LogP contribution >= 0.6 is 23.4 Å². The first-order valence-corrected chi connectivity index (χ1v) is 4.26. The first-order valence-electron chi connectivity index (χ1n) is 3.50. The van der Waals surface area contributed by atoms with E-state index >= 15 is 0 Å². The third kappa shape index (κ3) is 2.59. The highest BCUT2D eigenvalue weighted by atomic mass is 35.5. The van der Waals surface area contributed by atoms with E-state index in [-0.39, 0.29) is 10.6 Å². The molecule has 0 saturated carbocycles. The molecule has 0 bridgehead atoms. The zero-order valence-corrected chi connectivity index (χ0v) is 8.06. The predicted molar refractivity (Wildman–Crippen MR) is 51.1 cm³/mol. The summed E-state index contributed by atoms with van der Waals surface area (Å²) in [7, 11) is 0. The van der Waals surface area contributed by atoms with Crippen molar-refractivity contribution < 1.29 is 9.90 Å². The SMILES string of the molecule is O=C(O)c1cc(CNCl)ccc1Cl. The highest BCUT2D eigenvalue weighted by Gasteiger charge is 2.08. The Morgan fingerprint density at radius 3 is 2.77 bits per heavy atom. The fourth-order valence-electron chi connectivity index (χ4n) is 0.923. The van der Waals surface area contributed by atoms with Gasteiger partial charge in [0.05, 0.1) is 10.6 Å². The second kappa shape index (κ2) is 4.46. The lowest BCUT2D eigenvalue weighted by Crippen LogP contribution is -2.02. The van der Waals surface area contributed by atoms with Crippen LogP contribution in [0.15, 0.2) is 18.2 Å². The summed E-state index contributed by atoms with van der Waals surface area (Å²) in [5, 5.41) is 8.95. The van der Waals surface area contributed by atoms with Gasteiger partial charge in [-0.3, -0.25) is 0 Å². The van der Waals surface area contributed by atoms with Crippen molar-refractivity contribution in [1.82, 2.24) is 4.84 Å². The molecule has 5 heteroatoms. The van der Waals surface area contributed by atoms with Crippen LogP contribution in [0.25, 0.3) is 0 Å². The molecule has 0 aliphatic heterocycles. The third-order valence-electron chi connectivity index (χ3n) is 1.53. The molecule has 0 unspecified atom stereocenters. The summed E-state index contributed by atoms with van der Waals surface area (Å²) >= 11 is 10.9. The van der Waals surface area contributed by atoms with Crippen LogP contribution in [-0.4, -0.2) is 11.1 Å². The van der Waals surface area contributed by atoms with Crippen molar-refractivity contribution in [3.05, 3.63) is 34.3 Å². The van der Waals surface area contributed by atoms with E-state index in [9.17, 15) is 4.79 Å². The van der Waals surface area contributed by atoms with Crippen molar-refractivity contribution in [2.45, 2.75) is 6.54 Å². The molecule has 0 amide bonds. The Hall–Kier alpha value is -0.770. The Balaban J connectivity index is 3.04. The standard InChI is InChI=1S/C8H7Cl2NO2/c9-7-2-1-5(4-11-10)3-6(7)8(12)13/h1-3,11H,4H2,(H,12,13). The summed E-state index contributed by atoms with van der Waals surface area (Å²) in [6.45, 7) is 0.402. The van der Waals surface area contributed by atoms with Gasteiger partial charge in [-0.15, -0.1) is 0 Å². The zero-order chi connectivity index (χ0) is 9.84. The normalized spacial score (nSPS) is 10.0. The first-order chi connectivity index (χ1) is 6.15. The van der Waals surface area contributed by atoms with Gasteiger partial charge in [-0.1, -0.05) is 17.7 Å². The summed E-state index contributed by atoms with van der Waals surface area (Å²) in [4.78, 5) is 13.0. The summed E-state index contributed by atoms with van der Waals surface area (Å²) in [6, 6.07) is 4.73. The zero-order valence-electron chi connectivity index (χ0n) is 6.55. The number of hydrogen-bond donors (Lipinski definition) is 2. The summed E-state index contributed by atoms with van der Waals surface area (Å²) < 4.78 is 0. The summed E-state index contributed by atoms with van der Waals surface area (Å²) in [5.41, 5.74) is 0.864. The van der Waals surface area contributed by atoms with E-state index in [4.69, 9.17) is 28.5 Å². The molecule has 0 spiro atoms. The van der Waals surface area contributed by atoms with Gasteiger partial charge in [0, 0.05) is 6.54 Å². The van der Waals surface area contributed by atoms with Crippen LogP contribution in [0.4, 0.5) is 0 Å². The molecule has 70 valence electrons. The molecular formula is C8H7Cl2NO2. The Bertz CT molecular complexity index is 328. The maximum absolute atomic E-state index is 10.6. The molecule has 0 aliphatic carbocycles. The molecule has 13 heavy (non-hydrogen) atoms. The fraction of sp³-hybridized carbons (Fsp3) is 0.125. The molecule has 2 N–H and O–H groups in total. The number of halogens is 2. The lowest BCUT2D eigenvalue weighted by molar-refractivity contribution is 0.0697. The third-order valence-corrected chi connectivity index (χ3v) is 2.00. The molecule has 1 rings (SSSR count). The number of carboxylic acids is 1. The van der Waals surface area contributed by atoms with Gasteiger partial charge in [0.25, 0.3) is 0 Å². The van der Waals surface area contributed by atoms with Gasteiger partial charge in [0.1, 0.15) is 0 Å². The second-order valence-electron chi connectivity index (χ2n) is 2.43. The Morgan fingerprint density at radius 1 is 1.54 bits per heavy atom. The van der Waals surface area contributed by atoms with Gasteiger partial charge < -0.3 is 5.11 Å². The van der Waals surface area contributed by atoms with Crippen molar-refractivity contribution in [1.29, 1.82) is 0 Å². The topological polar surface area (TPSA) is 49.3 Å². The number of benzene rings is 1. The van der Waals surface area contributed by atoms with Crippen LogP contribution < -0.4 is 4.84 Å². The molecule has 0 fully saturated rings. The number of nitrogens with one attached hydrogen (secondary N) is 1. The van der Waals surface area contributed by atoms with Crippen molar-refractivity contribution in [3.63, 3.8) is 0 Å². The largest absolute Gasteiger partial charge is 0.478 e. The molecule has 0 aromatic heterocycles. The van der Waals surface area contributed by atoms with Gasteiger partial charge in [-0.2, -0.15) is 0 Å². The lowest BCUT2D eigenvalue weighted by atomic mass is 10.1. The Morgan fingerprint density at radius 2 is 2.23 bits per heavy atom. The number of hydrogen-bond acceptors (Lipinski definition) is 2. The number of carboxylic acid groups (broad SMARTS) is 1. The highest BCUT2D eigenvalue weighted by Crippen LogP contribution is 2.17. The lowest BCUT2D eigenvalue weighted by Gasteiger charge is -2.02. The van der Waals surface area contributed by atoms with Crippen molar-refractivity contribution in [3.8, 4) is 0 Å². The van der Waals surface area contributed by atoms with Crippen LogP contribution in [0.1, 0.15) is 15.9 Å². The fourth-order valence-corrected chi connectivity index (χ4v) is 1.28. The van der Waals surface area contributed by atoms with E-state index in [2.05, 4.69) is 4.84 Å². The van der Waals surface area contributed by atoms with Crippen LogP contribution in [0.2, 0.25) is 5.02 Å². The van der Waals surface area contributed by atoms with Gasteiger partial charge in [-0.05, 0) is 29.5 Å². The quantitative estimate of drug-likeness (QED) is 0.768. The van der Waals surface area contributed by atoms with Crippen LogP contribution in [-0.2, 0) is 6.54 Å². The molecule has 3 nitrogen and oxygen atoms in total. The minimum atomic E-state index is -1.04. The Kier molecular flexibility index (Phi) is 3.54. The average molecular weight is 220 g/mol. The van der Waals surface area contributed by atoms with E-state index in [1.54, 1.807) is 6.07 Å².